The van der Waals surface area contributed by atoms with E-state index in [4.69, 9.17) is 0 Å². The van der Waals surface area contributed by atoms with Gasteiger partial charge in [-0.15, -0.1) is 6.58 Å². The van der Waals surface area contributed by atoms with Crippen molar-refractivity contribution in [2.24, 2.45) is 0 Å². The van der Waals surface area contributed by atoms with Crippen LogP contribution >= 0.6 is 0 Å². The molecule has 0 aliphatic heterocycles. The predicted octanol–water partition coefficient (Wildman–Crippen LogP) is 1.50. The summed E-state index contributed by atoms with van der Waals surface area (Å²) in [6.07, 6.45) is 3.65. The molecule has 0 unspecified atom stereocenters. The molecule has 0 atom stereocenters. The third kappa shape index (κ3) is 1.43. The van der Waals surface area contributed by atoms with E-state index < -0.39 is 0 Å². The van der Waals surface area contributed by atoms with Gasteiger partial charge in [0.25, 0.3) is 0 Å². The highest BCUT2D eigenvalue weighted by atomic mass is 16.6. The molecule has 1 rings (SSSR count). The van der Waals surface area contributed by atoms with E-state index in [0.717, 1.165) is 24.2 Å². The fraction of sp³-hybridized carbons (Fsp3) is 0.429. The Labute approximate surface area is 59.7 Å². The first-order valence-corrected chi connectivity index (χ1v) is 3.23. The van der Waals surface area contributed by atoms with E-state index in [2.05, 4.69) is 21.5 Å². The summed E-state index contributed by atoms with van der Waals surface area (Å²) in [5, 5.41) is 7.37. The predicted molar refractivity (Wildman–Crippen MR) is 37.6 cm³/mol. The average Bonchev–Trinajstić information content (AvgIpc) is 2.31. The SMILES string of the molecule is C=CCCc1nonc1C. The van der Waals surface area contributed by atoms with Crippen LogP contribution in [0.2, 0.25) is 0 Å². The van der Waals surface area contributed by atoms with Crippen molar-refractivity contribution in [3.63, 3.8) is 0 Å². The number of hydrogen-bond donors (Lipinski definition) is 0. The van der Waals surface area contributed by atoms with Crippen molar-refractivity contribution in [3.05, 3.63) is 24.0 Å². The minimum atomic E-state index is 0.874. The summed E-state index contributed by atoms with van der Waals surface area (Å²) in [6, 6.07) is 0. The van der Waals surface area contributed by atoms with E-state index >= 15 is 0 Å². The maximum absolute atomic E-state index is 4.51. The molecular formula is C7H10N2O. The number of aryl methyl sites for hydroxylation is 2. The van der Waals surface area contributed by atoms with Crippen LogP contribution in [-0.2, 0) is 6.42 Å². The molecule has 0 spiro atoms. The Morgan fingerprint density at radius 3 is 2.90 bits per heavy atom. The van der Waals surface area contributed by atoms with Crippen molar-refractivity contribution in [1.29, 1.82) is 0 Å². The fourth-order valence-electron chi connectivity index (χ4n) is 0.715. The Morgan fingerprint density at radius 1 is 1.60 bits per heavy atom. The Morgan fingerprint density at radius 2 is 2.40 bits per heavy atom. The molecule has 0 aliphatic carbocycles. The van der Waals surface area contributed by atoms with E-state index in [1.54, 1.807) is 0 Å². The van der Waals surface area contributed by atoms with Crippen molar-refractivity contribution in [3.8, 4) is 0 Å². The lowest BCUT2D eigenvalue weighted by Crippen LogP contribution is -1.85. The van der Waals surface area contributed by atoms with E-state index in [1.807, 2.05) is 13.0 Å². The first kappa shape index (κ1) is 6.99. The molecule has 1 aromatic rings. The standard InChI is InChI=1S/C7H10N2O/c1-3-4-5-7-6(2)8-10-9-7/h3H,1,4-5H2,2H3. The van der Waals surface area contributed by atoms with Gasteiger partial charge >= 0.3 is 0 Å². The third-order valence-electron chi connectivity index (χ3n) is 1.33. The highest BCUT2D eigenvalue weighted by Crippen LogP contribution is 2.03. The molecule has 0 radical (unpaired) electrons. The van der Waals surface area contributed by atoms with Crippen LogP contribution in [0.4, 0.5) is 0 Å². The second kappa shape index (κ2) is 3.15. The average molecular weight is 138 g/mol. The zero-order valence-corrected chi connectivity index (χ0v) is 6.00. The number of hydrogen-bond acceptors (Lipinski definition) is 3. The Hall–Kier alpha value is -1.12. The normalized spacial score (nSPS) is 9.70. The monoisotopic (exact) mass is 138 g/mol. The molecule has 0 fully saturated rings. The van der Waals surface area contributed by atoms with Gasteiger partial charge in [-0.3, -0.25) is 0 Å². The molecule has 0 aromatic carbocycles. The van der Waals surface area contributed by atoms with Crippen LogP contribution in [0.1, 0.15) is 17.8 Å². The molecule has 0 aliphatic rings. The summed E-state index contributed by atoms with van der Waals surface area (Å²) < 4.78 is 4.51. The third-order valence-corrected chi connectivity index (χ3v) is 1.33. The summed E-state index contributed by atoms with van der Waals surface area (Å²) >= 11 is 0. The van der Waals surface area contributed by atoms with Gasteiger partial charge in [0, 0.05) is 0 Å². The summed E-state index contributed by atoms with van der Waals surface area (Å²) in [4.78, 5) is 0. The van der Waals surface area contributed by atoms with Crippen LogP contribution in [0.5, 0.6) is 0 Å². The first-order chi connectivity index (χ1) is 4.84. The topological polar surface area (TPSA) is 38.9 Å². The van der Waals surface area contributed by atoms with Gasteiger partial charge in [-0.2, -0.15) is 0 Å². The van der Waals surface area contributed by atoms with Gasteiger partial charge in [0.2, 0.25) is 0 Å². The van der Waals surface area contributed by atoms with Crippen molar-refractivity contribution < 1.29 is 4.63 Å². The van der Waals surface area contributed by atoms with Gasteiger partial charge in [0.05, 0.1) is 0 Å². The molecule has 10 heavy (non-hydrogen) atoms. The number of rotatable bonds is 3. The van der Waals surface area contributed by atoms with Crippen LogP contribution < -0.4 is 0 Å². The lowest BCUT2D eigenvalue weighted by Gasteiger charge is -1.87. The smallest absolute Gasteiger partial charge is 0.108 e. The number of allylic oxidation sites excluding steroid dienone is 1. The van der Waals surface area contributed by atoms with Gasteiger partial charge in [-0.25, -0.2) is 4.63 Å². The van der Waals surface area contributed by atoms with Crippen LogP contribution in [0.25, 0.3) is 0 Å². The molecule has 0 saturated heterocycles. The molecule has 0 amide bonds. The molecule has 1 aromatic heterocycles. The second-order valence-corrected chi connectivity index (χ2v) is 2.12. The maximum atomic E-state index is 4.51. The Kier molecular flexibility index (Phi) is 2.20. The van der Waals surface area contributed by atoms with Crippen molar-refractivity contribution in [1.82, 2.24) is 10.3 Å². The Bertz CT molecular complexity index is 217. The van der Waals surface area contributed by atoms with Gasteiger partial charge < -0.3 is 0 Å². The van der Waals surface area contributed by atoms with Crippen molar-refractivity contribution in [2.45, 2.75) is 19.8 Å². The molecule has 3 heteroatoms. The largest absolute Gasteiger partial charge is 0.244 e. The van der Waals surface area contributed by atoms with E-state index in [-0.39, 0.29) is 0 Å². The van der Waals surface area contributed by atoms with Crippen LogP contribution in [0, 0.1) is 6.92 Å². The lowest BCUT2D eigenvalue weighted by atomic mass is 10.2. The van der Waals surface area contributed by atoms with E-state index in [9.17, 15) is 0 Å². The summed E-state index contributed by atoms with van der Waals surface area (Å²) in [6.45, 7) is 5.49. The van der Waals surface area contributed by atoms with Gasteiger partial charge in [0.15, 0.2) is 0 Å². The highest BCUT2D eigenvalue weighted by Gasteiger charge is 2.01. The molecule has 0 bridgehead atoms. The van der Waals surface area contributed by atoms with Crippen molar-refractivity contribution >= 4 is 0 Å². The van der Waals surface area contributed by atoms with Gasteiger partial charge in [-0.05, 0) is 19.8 Å². The molecule has 1 heterocycles. The minimum absolute atomic E-state index is 0.874. The zero-order valence-electron chi connectivity index (χ0n) is 6.00. The van der Waals surface area contributed by atoms with Gasteiger partial charge in [0.1, 0.15) is 11.4 Å². The quantitative estimate of drug-likeness (QED) is 0.594. The zero-order chi connectivity index (χ0) is 7.40. The summed E-state index contributed by atoms with van der Waals surface area (Å²) in [7, 11) is 0. The molecule has 3 nitrogen and oxygen atoms in total. The Balaban J connectivity index is 2.56. The molecular weight excluding hydrogens is 128 g/mol. The minimum Gasteiger partial charge on any atom is -0.244 e. The van der Waals surface area contributed by atoms with Crippen LogP contribution in [-0.4, -0.2) is 10.3 Å². The molecule has 0 N–H and O–H groups in total. The first-order valence-electron chi connectivity index (χ1n) is 3.23. The lowest BCUT2D eigenvalue weighted by molar-refractivity contribution is 0.301. The second-order valence-electron chi connectivity index (χ2n) is 2.12. The van der Waals surface area contributed by atoms with Crippen LogP contribution in [0.15, 0.2) is 17.3 Å². The summed E-state index contributed by atoms with van der Waals surface area (Å²) in [5.41, 5.74) is 1.81. The van der Waals surface area contributed by atoms with Crippen LogP contribution in [0.3, 0.4) is 0 Å². The number of nitrogens with zero attached hydrogens (tertiary/aromatic N) is 2. The molecule has 0 saturated carbocycles. The van der Waals surface area contributed by atoms with Crippen molar-refractivity contribution in [2.75, 3.05) is 0 Å². The summed E-state index contributed by atoms with van der Waals surface area (Å²) in [5.74, 6) is 0. The van der Waals surface area contributed by atoms with E-state index in [1.165, 1.54) is 0 Å². The van der Waals surface area contributed by atoms with E-state index in [0.29, 0.717) is 0 Å². The van der Waals surface area contributed by atoms with Gasteiger partial charge in [-0.1, -0.05) is 16.4 Å². The number of aromatic nitrogens is 2. The maximum Gasteiger partial charge on any atom is 0.108 e. The highest BCUT2D eigenvalue weighted by molar-refractivity contribution is 5.05. The molecule has 54 valence electrons. The fourth-order valence-corrected chi connectivity index (χ4v) is 0.715.